The van der Waals surface area contributed by atoms with Crippen molar-refractivity contribution in [2.45, 2.75) is 50.6 Å². The van der Waals surface area contributed by atoms with E-state index in [-0.39, 0.29) is 18.4 Å². The number of nitrogens with two attached hydrogens (primary N) is 1. The minimum atomic E-state index is -0.842. The van der Waals surface area contributed by atoms with Crippen LogP contribution in [0.2, 0.25) is 0 Å². The van der Waals surface area contributed by atoms with Crippen molar-refractivity contribution >= 4 is 5.91 Å². The van der Waals surface area contributed by atoms with Crippen molar-refractivity contribution in [2.75, 3.05) is 6.61 Å². The number of benzene rings is 2. The van der Waals surface area contributed by atoms with E-state index in [2.05, 4.69) is 28.5 Å². The van der Waals surface area contributed by atoms with Crippen LogP contribution in [0.25, 0.3) is 0 Å². The molecule has 0 spiro atoms. The number of hydrogen-bond acceptors (Lipinski definition) is 2. The van der Waals surface area contributed by atoms with Crippen LogP contribution in [0.5, 0.6) is 0 Å². The summed E-state index contributed by atoms with van der Waals surface area (Å²) in [7, 11) is 0. The molecule has 2 atom stereocenters. The molecule has 1 amide bonds. The minimum Gasteiger partial charge on any atom is -0.396 e. The van der Waals surface area contributed by atoms with Crippen LogP contribution >= 0.6 is 0 Å². The van der Waals surface area contributed by atoms with Crippen LogP contribution in [0, 0.1) is 12.8 Å². The van der Waals surface area contributed by atoms with Crippen molar-refractivity contribution in [1.82, 2.24) is 4.57 Å². The Hall–Kier alpha value is -2.92. The van der Waals surface area contributed by atoms with E-state index in [1.807, 2.05) is 60.7 Å². The van der Waals surface area contributed by atoms with Gasteiger partial charge in [0.2, 0.25) is 5.91 Å². The van der Waals surface area contributed by atoms with Crippen LogP contribution in [0.15, 0.2) is 73.1 Å². The van der Waals surface area contributed by atoms with Crippen molar-refractivity contribution in [3.05, 3.63) is 90.0 Å². The van der Waals surface area contributed by atoms with Gasteiger partial charge in [0.05, 0.1) is 6.54 Å². The molecular weight excluding hydrogens is 386 g/mol. The SMILES string of the molecule is Cc1n([C@@H]2CC[C@H](C(C(N)=O)(c3ccccc3)c3ccccc3)C2)cc[n+]1CCCO. The van der Waals surface area contributed by atoms with E-state index in [0.717, 1.165) is 43.4 Å². The highest BCUT2D eigenvalue weighted by atomic mass is 16.3. The standard InChI is InChI=1S/C26H31N3O2/c1-20-28(15-8-18-30)16-17-29(20)24-14-13-23(19-24)26(25(27)31,21-9-4-2-5-10-21)22-11-6-3-7-12-22/h2-7,9-12,16-17,23-24,30H,8,13-15,18-19H2,1H3,(H-,27,31)/p+1/t23-,24+/m0/s1. The lowest BCUT2D eigenvalue weighted by atomic mass is 9.64. The summed E-state index contributed by atoms with van der Waals surface area (Å²) in [5.74, 6) is 1.02. The fraction of sp³-hybridized carbons (Fsp3) is 0.385. The van der Waals surface area contributed by atoms with Gasteiger partial charge in [-0.2, -0.15) is 0 Å². The third kappa shape index (κ3) is 3.79. The lowest BCUT2D eigenvalue weighted by molar-refractivity contribution is -0.703. The second-order valence-corrected chi connectivity index (χ2v) is 8.59. The number of carbonyl (C=O) groups is 1. The summed E-state index contributed by atoms with van der Waals surface area (Å²) < 4.78 is 4.53. The molecule has 3 aromatic rings. The maximum absolute atomic E-state index is 13.2. The smallest absolute Gasteiger partial charge is 0.253 e. The third-order valence-electron chi connectivity index (χ3n) is 7.01. The number of aryl methyl sites for hydroxylation is 1. The average Bonchev–Trinajstić information content (AvgIpc) is 3.41. The molecule has 3 N–H and O–H groups in total. The number of aliphatic hydroxyl groups excluding tert-OH is 1. The molecule has 1 aliphatic rings. The van der Waals surface area contributed by atoms with Crippen molar-refractivity contribution < 1.29 is 14.5 Å². The van der Waals surface area contributed by atoms with E-state index in [1.165, 1.54) is 5.82 Å². The summed E-state index contributed by atoms with van der Waals surface area (Å²) in [4.78, 5) is 13.2. The molecule has 1 aliphatic carbocycles. The lowest BCUT2D eigenvalue weighted by Crippen LogP contribution is -2.47. The van der Waals surface area contributed by atoms with Gasteiger partial charge in [-0.3, -0.25) is 4.79 Å². The summed E-state index contributed by atoms with van der Waals surface area (Å²) in [5, 5.41) is 9.17. The number of aromatic nitrogens is 2. The monoisotopic (exact) mass is 418 g/mol. The number of hydrogen-bond donors (Lipinski definition) is 2. The van der Waals surface area contributed by atoms with Crippen LogP contribution in [0.3, 0.4) is 0 Å². The van der Waals surface area contributed by atoms with E-state index in [4.69, 9.17) is 10.8 Å². The molecule has 0 bridgehead atoms. The molecule has 0 aliphatic heterocycles. The summed E-state index contributed by atoms with van der Waals surface area (Å²) in [6, 6.07) is 20.4. The van der Waals surface area contributed by atoms with E-state index in [9.17, 15) is 4.79 Å². The Labute approximate surface area is 184 Å². The molecule has 0 radical (unpaired) electrons. The Bertz CT molecular complexity index is 974. The molecule has 1 heterocycles. The molecule has 1 aromatic heterocycles. The van der Waals surface area contributed by atoms with Gasteiger partial charge < -0.3 is 10.8 Å². The molecule has 0 unspecified atom stereocenters. The fourth-order valence-corrected chi connectivity index (χ4v) is 5.51. The van der Waals surface area contributed by atoms with Gasteiger partial charge in [-0.25, -0.2) is 9.13 Å². The molecule has 5 heteroatoms. The molecule has 31 heavy (non-hydrogen) atoms. The minimum absolute atomic E-state index is 0.118. The van der Waals surface area contributed by atoms with Gasteiger partial charge >= 0.3 is 0 Å². The van der Waals surface area contributed by atoms with Crippen molar-refractivity contribution in [2.24, 2.45) is 11.7 Å². The summed E-state index contributed by atoms with van der Waals surface area (Å²) in [6.45, 7) is 3.13. The number of rotatable bonds is 8. The number of nitrogens with zero attached hydrogens (tertiary/aromatic N) is 2. The Morgan fingerprint density at radius 1 is 1.10 bits per heavy atom. The molecule has 162 valence electrons. The first-order valence-corrected chi connectivity index (χ1v) is 11.2. The van der Waals surface area contributed by atoms with Crippen LogP contribution in [0.1, 0.15) is 48.7 Å². The van der Waals surface area contributed by atoms with Gasteiger partial charge in [0.25, 0.3) is 5.82 Å². The van der Waals surface area contributed by atoms with E-state index >= 15 is 0 Å². The largest absolute Gasteiger partial charge is 0.396 e. The highest BCUT2D eigenvalue weighted by Gasteiger charge is 2.51. The lowest BCUT2D eigenvalue weighted by Gasteiger charge is -2.37. The second-order valence-electron chi connectivity index (χ2n) is 8.59. The topological polar surface area (TPSA) is 72.1 Å². The maximum Gasteiger partial charge on any atom is 0.253 e. The number of imidazole rings is 1. The molecule has 1 saturated carbocycles. The zero-order valence-corrected chi connectivity index (χ0v) is 18.2. The Kier molecular flexibility index (Phi) is 6.23. The number of primary amides is 1. The Morgan fingerprint density at radius 3 is 2.26 bits per heavy atom. The maximum atomic E-state index is 13.2. The van der Waals surface area contributed by atoms with Gasteiger partial charge in [0.1, 0.15) is 23.9 Å². The number of aliphatic hydroxyl groups is 1. The Balaban J connectivity index is 1.72. The first-order chi connectivity index (χ1) is 15.1. The van der Waals surface area contributed by atoms with Crippen LogP contribution < -0.4 is 10.3 Å². The zero-order chi connectivity index (χ0) is 21.8. The Morgan fingerprint density at radius 2 is 1.71 bits per heavy atom. The predicted octanol–water partition coefficient (Wildman–Crippen LogP) is 3.28. The van der Waals surface area contributed by atoms with Gasteiger partial charge in [-0.1, -0.05) is 60.7 Å². The van der Waals surface area contributed by atoms with E-state index < -0.39 is 5.41 Å². The average molecular weight is 419 g/mol. The predicted molar refractivity (Wildman–Crippen MR) is 120 cm³/mol. The quantitative estimate of drug-likeness (QED) is 0.551. The second kappa shape index (κ2) is 9.06. The molecule has 2 aromatic carbocycles. The summed E-state index contributed by atoms with van der Waals surface area (Å²) >= 11 is 0. The van der Waals surface area contributed by atoms with Gasteiger partial charge in [0.15, 0.2) is 0 Å². The van der Waals surface area contributed by atoms with E-state index in [0.29, 0.717) is 6.04 Å². The first kappa shape index (κ1) is 21.3. The van der Waals surface area contributed by atoms with Crippen LogP contribution in [-0.2, 0) is 16.8 Å². The first-order valence-electron chi connectivity index (χ1n) is 11.2. The molecule has 5 nitrogen and oxygen atoms in total. The normalized spacial score (nSPS) is 18.9. The third-order valence-corrected chi connectivity index (χ3v) is 7.01. The molecular formula is C26H32N3O2+. The summed E-state index contributed by atoms with van der Waals surface area (Å²) in [5.41, 5.74) is 7.32. The summed E-state index contributed by atoms with van der Waals surface area (Å²) in [6.07, 6.45) is 7.81. The van der Waals surface area contributed by atoms with Crippen molar-refractivity contribution in [3.63, 3.8) is 0 Å². The zero-order valence-electron chi connectivity index (χ0n) is 18.2. The van der Waals surface area contributed by atoms with E-state index in [1.54, 1.807) is 0 Å². The highest BCUT2D eigenvalue weighted by molar-refractivity contribution is 5.91. The number of amides is 1. The van der Waals surface area contributed by atoms with Crippen molar-refractivity contribution in [1.29, 1.82) is 0 Å². The van der Waals surface area contributed by atoms with Crippen LogP contribution in [0.4, 0.5) is 0 Å². The van der Waals surface area contributed by atoms with Gasteiger partial charge in [-0.15, -0.1) is 0 Å². The highest BCUT2D eigenvalue weighted by Crippen LogP contribution is 2.49. The van der Waals surface area contributed by atoms with Gasteiger partial charge in [0, 0.05) is 20.0 Å². The van der Waals surface area contributed by atoms with Crippen molar-refractivity contribution in [3.8, 4) is 0 Å². The van der Waals surface area contributed by atoms with Gasteiger partial charge in [-0.05, 0) is 36.3 Å². The molecule has 1 fully saturated rings. The number of carbonyl (C=O) groups excluding carboxylic acids is 1. The fourth-order valence-electron chi connectivity index (χ4n) is 5.51. The molecule has 0 saturated heterocycles. The molecule has 4 rings (SSSR count). The van der Waals surface area contributed by atoms with Crippen LogP contribution in [-0.4, -0.2) is 22.2 Å².